The predicted molar refractivity (Wildman–Crippen MR) is 96.8 cm³/mol. The molecule has 3 heteroatoms. The molecule has 120 valence electrons. The summed E-state index contributed by atoms with van der Waals surface area (Å²) in [6.45, 7) is 4.49. The van der Waals surface area contributed by atoms with Crippen LogP contribution < -0.4 is 5.32 Å². The summed E-state index contributed by atoms with van der Waals surface area (Å²) in [6.07, 6.45) is 1.78. The molecule has 1 N–H and O–H groups in total. The molecule has 1 heterocycles. The van der Waals surface area contributed by atoms with E-state index >= 15 is 0 Å². The van der Waals surface area contributed by atoms with E-state index in [0.29, 0.717) is 12.1 Å². The summed E-state index contributed by atoms with van der Waals surface area (Å²) in [5.74, 6) is -0.0718. The van der Waals surface area contributed by atoms with Crippen LogP contribution in [0, 0.1) is 13.8 Å². The van der Waals surface area contributed by atoms with E-state index in [-0.39, 0.29) is 5.91 Å². The van der Waals surface area contributed by atoms with E-state index in [4.69, 9.17) is 0 Å². The van der Waals surface area contributed by atoms with Crippen molar-refractivity contribution in [3.05, 3.63) is 89.1 Å². The zero-order chi connectivity index (χ0) is 16.9. The molecule has 0 atom stereocenters. The number of benzene rings is 2. The monoisotopic (exact) mass is 316 g/mol. The van der Waals surface area contributed by atoms with Crippen molar-refractivity contribution in [2.75, 3.05) is 0 Å². The molecule has 3 aromatic rings. The highest BCUT2D eigenvalue weighted by atomic mass is 16.1. The Balaban J connectivity index is 1.78. The molecular formula is C21H20N2O. The Morgan fingerprint density at radius 2 is 1.75 bits per heavy atom. The van der Waals surface area contributed by atoms with E-state index in [2.05, 4.69) is 41.5 Å². The molecule has 0 bridgehead atoms. The van der Waals surface area contributed by atoms with Crippen molar-refractivity contribution in [1.82, 2.24) is 10.3 Å². The molecule has 0 aliphatic rings. The van der Waals surface area contributed by atoms with Gasteiger partial charge >= 0.3 is 0 Å². The molecule has 1 aromatic heterocycles. The molecule has 3 nitrogen and oxygen atoms in total. The van der Waals surface area contributed by atoms with Gasteiger partial charge in [0.2, 0.25) is 0 Å². The van der Waals surface area contributed by atoms with Crippen molar-refractivity contribution in [2.24, 2.45) is 0 Å². The second kappa shape index (κ2) is 7.09. The van der Waals surface area contributed by atoms with Gasteiger partial charge in [-0.05, 0) is 37.6 Å². The largest absolute Gasteiger partial charge is 0.348 e. The molecule has 3 rings (SSSR count). The van der Waals surface area contributed by atoms with Crippen molar-refractivity contribution in [3.8, 4) is 11.3 Å². The Hall–Kier alpha value is -2.94. The van der Waals surface area contributed by atoms with Gasteiger partial charge in [0.05, 0.1) is 5.69 Å². The fourth-order valence-corrected chi connectivity index (χ4v) is 2.62. The molecule has 0 radical (unpaired) electrons. The first-order valence-electron chi connectivity index (χ1n) is 7.99. The number of nitrogens with zero attached hydrogens (tertiary/aromatic N) is 1. The van der Waals surface area contributed by atoms with Crippen molar-refractivity contribution in [1.29, 1.82) is 0 Å². The second-order valence-corrected chi connectivity index (χ2v) is 5.93. The summed E-state index contributed by atoms with van der Waals surface area (Å²) in [7, 11) is 0. The van der Waals surface area contributed by atoms with Gasteiger partial charge < -0.3 is 5.32 Å². The Morgan fingerprint density at radius 3 is 2.50 bits per heavy atom. The van der Waals surface area contributed by atoms with E-state index in [1.807, 2.05) is 43.3 Å². The zero-order valence-electron chi connectivity index (χ0n) is 13.9. The molecule has 0 saturated heterocycles. The highest BCUT2D eigenvalue weighted by molar-refractivity contribution is 5.94. The number of carbonyl (C=O) groups excluding carboxylic acids is 1. The Labute approximate surface area is 142 Å². The summed E-state index contributed by atoms with van der Waals surface area (Å²) < 4.78 is 0. The number of aromatic nitrogens is 1. The Kier molecular flexibility index (Phi) is 4.71. The lowest BCUT2D eigenvalue weighted by Crippen LogP contribution is -2.23. The zero-order valence-corrected chi connectivity index (χ0v) is 13.9. The summed E-state index contributed by atoms with van der Waals surface area (Å²) >= 11 is 0. The van der Waals surface area contributed by atoms with Gasteiger partial charge in [-0.2, -0.15) is 0 Å². The standard InChI is InChI=1S/C21H20N2O/c1-15-8-10-17(11-9-15)20-19(7-4-12-22-20)14-23-21(24)18-6-3-5-16(2)13-18/h3-13H,14H2,1-2H3,(H,23,24). The van der Waals surface area contributed by atoms with Crippen molar-refractivity contribution < 1.29 is 4.79 Å². The van der Waals surface area contributed by atoms with Crippen molar-refractivity contribution in [2.45, 2.75) is 20.4 Å². The number of hydrogen-bond donors (Lipinski definition) is 1. The average molecular weight is 316 g/mol. The number of pyridine rings is 1. The first-order chi connectivity index (χ1) is 11.6. The minimum absolute atomic E-state index is 0.0718. The van der Waals surface area contributed by atoms with Gasteiger partial charge in [0.15, 0.2) is 0 Å². The minimum atomic E-state index is -0.0718. The summed E-state index contributed by atoms with van der Waals surface area (Å²) in [4.78, 5) is 16.8. The number of nitrogens with one attached hydrogen (secondary N) is 1. The maximum Gasteiger partial charge on any atom is 0.251 e. The lowest BCUT2D eigenvalue weighted by Gasteiger charge is -2.10. The highest BCUT2D eigenvalue weighted by Gasteiger charge is 2.09. The minimum Gasteiger partial charge on any atom is -0.348 e. The number of aryl methyl sites for hydroxylation is 2. The Bertz CT molecular complexity index is 854. The number of rotatable bonds is 4. The first kappa shape index (κ1) is 15.9. The van der Waals surface area contributed by atoms with Gasteiger partial charge in [-0.15, -0.1) is 0 Å². The van der Waals surface area contributed by atoms with Gasteiger partial charge in [0.25, 0.3) is 5.91 Å². The van der Waals surface area contributed by atoms with E-state index in [0.717, 1.165) is 22.4 Å². The molecule has 0 fully saturated rings. The fourth-order valence-electron chi connectivity index (χ4n) is 2.62. The second-order valence-electron chi connectivity index (χ2n) is 5.93. The van der Waals surface area contributed by atoms with Gasteiger partial charge in [-0.1, -0.05) is 53.6 Å². The first-order valence-corrected chi connectivity index (χ1v) is 7.99. The predicted octanol–water partition coefficient (Wildman–Crippen LogP) is 4.30. The van der Waals surface area contributed by atoms with Crippen LogP contribution in [0.25, 0.3) is 11.3 Å². The van der Waals surface area contributed by atoms with Crippen LogP contribution in [-0.2, 0) is 6.54 Å². The van der Waals surface area contributed by atoms with E-state index < -0.39 is 0 Å². The molecular weight excluding hydrogens is 296 g/mol. The third-order valence-electron chi connectivity index (χ3n) is 3.94. The van der Waals surface area contributed by atoms with Crippen molar-refractivity contribution >= 4 is 5.91 Å². The smallest absolute Gasteiger partial charge is 0.251 e. The van der Waals surface area contributed by atoms with Crippen LogP contribution in [0.4, 0.5) is 0 Å². The molecule has 0 aliphatic heterocycles. The number of carbonyl (C=O) groups is 1. The molecule has 2 aromatic carbocycles. The number of hydrogen-bond acceptors (Lipinski definition) is 2. The summed E-state index contributed by atoms with van der Waals surface area (Å²) in [6, 6.07) is 19.7. The van der Waals surface area contributed by atoms with Crippen molar-refractivity contribution in [3.63, 3.8) is 0 Å². The average Bonchev–Trinajstić information content (AvgIpc) is 2.61. The topological polar surface area (TPSA) is 42.0 Å². The highest BCUT2D eigenvalue weighted by Crippen LogP contribution is 2.21. The SMILES string of the molecule is Cc1ccc(-c2ncccc2CNC(=O)c2cccc(C)c2)cc1. The van der Waals surface area contributed by atoms with Crippen LogP contribution in [0.1, 0.15) is 27.0 Å². The van der Waals surface area contributed by atoms with Gasteiger partial charge in [0, 0.05) is 23.9 Å². The lowest BCUT2D eigenvalue weighted by molar-refractivity contribution is 0.0951. The van der Waals surface area contributed by atoms with E-state index in [1.54, 1.807) is 6.20 Å². The Morgan fingerprint density at radius 1 is 0.958 bits per heavy atom. The third kappa shape index (κ3) is 3.69. The maximum absolute atomic E-state index is 12.3. The van der Waals surface area contributed by atoms with Crippen LogP contribution in [-0.4, -0.2) is 10.9 Å². The van der Waals surface area contributed by atoms with Crippen LogP contribution in [0.3, 0.4) is 0 Å². The van der Waals surface area contributed by atoms with E-state index in [9.17, 15) is 4.79 Å². The summed E-state index contributed by atoms with van der Waals surface area (Å²) in [5, 5.41) is 2.99. The van der Waals surface area contributed by atoms with Crippen LogP contribution in [0.2, 0.25) is 0 Å². The molecule has 24 heavy (non-hydrogen) atoms. The van der Waals surface area contributed by atoms with Gasteiger partial charge in [-0.3, -0.25) is 9.78 Å². The van der Waals surface area contributed by atoms with E-state index in [1.165, 1.54) is 5.56 Å². The van der Waals surface area contributed by atoms with Crippen LogP contribution >= 0.6 is 0 Å². The third-order valence-corrected chi connectivity index (χ3v) is 3.94. The van der Waals surface area contributed by atoms with Crippen LogP contribution in [0.15, 0.2) is 66.9 Å². The maximum atomic E-state index is 12.3. The molecule has 0 saturated carbocycles. The lowest BCUT2D eigenvalue weighted by atomic mass is 10.0. The molecule has 1 amide bonds. The summed E-state index contributed by atoms with van der Waals surface area (Å²) in [5.41, 5.74) is 5.93. The molecule has 0 unspecified atom stereocenters. The normalized spacial score (nSPS) is 10.4. The van der Waals surface area contributed by atoms with Gasteiger partial charge in [-0.25, -0.2) is 0 Å². The fraction of sp³-hybridized carbons (Fsp3) is 0.143. The van der Waals surface area contributed by atoms with Crippen LogP contribution in [0.5, 0.6) is 0 Å². The van der Waals surface area contributed by atoms with Gasteiger partial charge in [0.1, 0.15) is 0 Å². The number of amides is 1. The quantitative estimate of drug-likeness (QED) is 0.780. The molecule has 0 spiro atoms. The molecule has 0 aliphatic carbocycles.